The minimum absolute atomic E-state index is 0.0809. The van der Waals surface area contributed by atoms with Crippen LogP contribution < -0.4 is 0 Å². The van der Waals surface area contributed by atoms with E-state index in [1.54, 1.807) is 31.5 Å². The van der Waals surface area contributed by atoms with Crippen molar-refractivity contribution >= 4 is 27.3 Å². The summed E-state index contributed by atoms with van der Waals surface area (Å²) in [6, 6.07) is 12.1. The predicted octanol–water partition coefficient (Wildman–Crippen LogP) is 4.23. The average Bonchev–Trinajstić information content (AvgIpc) is 3.39. The Bertz CT molecular complexity index is 843. The third-order valence-electron chi connectivity index (χ3n) is 5.20. The maximum Gasteiger partial charge on any atom is 0.309 e. The summed E-state index contributed by atoms with van der Waals surface area (Å²) in [6.07, 6.45) is 3.12. The molecule has 146 valence electrons. The number of ether oxygens (including phenoxy) is 1. The molecule has 1 heterocycles. The Kier molecular flexibility index (Phi) is 6.34. The summed E-state index contributed by atoms with van der Waals surface area (Å²) in [4.78, 5) is 12.6. The van der Waals surface area contributed by atoms with E-state index in [1.807, 2.05) is 30.3 Å². The van der Waals surface area contributed by atoms with Gasteiger partial charge in [0.05, 0.1) is 12.0 Å². The fourth-order valence-electron chi connectivity index (χ4n) is 3.43. The molecule has 2 aromatic rings. The molecule has 3 rings (SSSR count). The number of hydrogen-bond donors (Lipinski definition) is 0. The third-order valence-corrected chi connectivity index (χ3v) is 8.52. The first-order chi connectivity index (χ1) is 12.9. The van der Waals surface area contributed by atoms with Crippen molar-refractivity contribution in [3.05, 3.63) is 53.4 Å². The fraction of sp³-hybridized carbons (Fsp3) is 0.450. The number of benzene rings is 1. The van der Waals surface area contributed by atoms with Crippen molar-refractivity contribution in [1.82, 2.24) is 4.31 Å². The Balaban J connectivity index is 1.86. The van der Waals surface area contributed by atoms with Crippen LogP contribution in [0.1, 0.15) is 44.3 Å². The summed E-state index contributed by atoms with van der Waals surface area (Å²) >= 11 is 1.18. The Morgan fingerprint density at radius 2 is 1.81 bits per heavy atom. The molecule has 0 amide bonds. The highest BCUT2D eigenvalue weighted by Gasteiger charge is 2.35. The molecule has 1 aromatic heterocycles. The number of esters is 1. The quantitative estimate of drug-likeness (QED) is 0.644. The molecule has 2 atom stereocenters. The highest BCUT2D eigenvalue weighted by molar-refractivity contribution is 7.91. The van der Waals surface area contributed by atoms with Crippen LogP contribution in [-0.2, 0) is 19.6 Å². The van der Waals surface area contributed by atoms with Crippen LogP contribution in [0, 0.1) is 5.92 Å². The molecule has 0 unspecified atom stereocenters. The second-order valence-corrected chi connectivity index (χ2v) is 10.1. The van der Waals surface area contributed by atoms with Crippen molar-refractivity contribution in [1.29, 1.82) is 0 Å². The zero-order valence-corrected chi connectivity index (χ0v) is 17.2. The van der Waals surface area contributed by atoms with Crippen molar-refractivity contribution in [3.63, 3.8) is 0 Å². The average molecular weight is 408 g/mol. The largest absolute Gasteiger partial charge is 0.456 e. The van der Waals surface area contributed by atoms with E-state index >= 15 is 0 Å². The van der Waals surface area contributed by atoms with Gasteiger partial charge in [0, 0.05) is 7.05 Å². The fourth-order valence-corrected chi connectivity index (χ4v) is 5.97. The van der Waals surface area contributed by atoms with E-state index in [9.17, 15) is 13.2 Å². The standard InChI is InChI=1S/C20H25NO4S2/c1-15(21(2)27(23,24)18-13-8-14-26-18)19(16-9-4-3-5-10-16)25-20(22)17-11-6-7-12-17/h3-5,8-10,13-15,17,19H,6-7,11-12H2,1-2H3/t15-,19+/m0/s1. The molecule has 5 nitrogen and oxygen atoms in total. The molecular formula is C20H25NO4S2. The Hall–Kier alpha value is -1.70. The number of rotatable bonds is 7. The van der Waals surface area contributed by atoms with Gasteiger partial charge in [0.25, 0.3) is 10.0 Å². The van der Waals surface area contributed by atoms with E-state index in [2.05, 4.69) is 0 Å². The highest BCUT2D eigenvalue weighted by atomic mass is 32.2. The molecule has 1 aliphatic rings. The summed E-state index contributed by atoms with van der Waals surface area (Å²) in [6.45, 7) is 1.78. The second kappa shape index (κ2) is 8.54. The molecule has 1 fully saturated rings. The highest BCUT2D eigenvalue weighted by Crippen LogP contribution is 2.32. The summed E-state index contributed by atoms with van der Waals surface area (Å²) < 4.78 is 33.3. The normalized spacial score (nSPS) is 17.7. The maximum atomic E-state index is 12.9. The smallest absolute Gasteiger partial charge is 0.309 e. The lowest BCUT2D eigenvalue weighted by atomic mass is 10.0. The monoisotopic (exact) mass is 407 g/mol. The number of likely N-dealkylation sites (N-methyl/N-ethyl adjacent to an activating group) is 1. The van der Waals surface area contributed by atoms with Crippen LogP contribution in [-0.4, -0.2) is 31.8 Å². The molecule has 0 aliphatic heterocycles. The van der Waals surface area contributed by atoms with Gasteiger partial charge in [-0.3, -0.25) is 4.79 Å². The van der Waals surface area contributed by atoms with Crippen LogP contribution in [0.3, 0.4) is 0 Å². The Morgan fingerprint density at radius 3 is 2.41 bits per heavy atom. The van der Waals surface area contributed by atoms with E-state index in [-0.39, 0.29) is 16.1 Å². The van der Waals surface area contributed by atoms with Crippen LogP contribution >= 0.6 is 11.3 Å². The zero-order chi connectivity index (χ0) is 19.4. The lowest BCUT2D eigenvalue weighted by molar-refractivity contribution is -0.156. The first kappa shape index (κ1) is 20.0. The van der Waals surface area contributed by atoms with Crippen molar-refractivity contribution in [2.75, 3.05) is 7.05 Å². The van der Waals surface area contributed by atoms with Gasteiger partial charge in [-0.05, 0) is 36.8 Å². The van der Waals surface area contributed by atoms with E-state index in [0.29, 0.717) is 0 Å². The predicted molar refractivity (Wildman–Crippen MR) is 106 cm³/mol. The number of hydrogen-bond acceptors (Lipinski definition) is 5. The number of carbonyl (C=O) groups excluding carboxylic acids is 1. The lowest BCUT2D eigenvalue weighted by Gasteiger charge is -2.31. The molecular weight excluding hydrogens is 382 g/mol. The van der Waals surface area contributed by atoms with Crippen LogP contribution in [0.5, 0.6) is 0 Å². The topological polar surface area (TPSA) is 63.7 Å². The summed E-state index contributed by atoms with van der Waals surface area (Å²) in [5.74, 6) is -0.308. The minimum atomic E-state index is -3.64. The summed E-state index contributed by atoms with van der Waals surface area (Å²) in [7, 11) is -2.10. The van der Waals surface area contributed by atoms with Gasteiger partial charge in [0.2, 0.25) is 0 Å². The van der Waals surface area contributed by atoms with Crippen molar-refractivity contribution in [2.45, 2.75) is 49.0 Å². The third kappa shape index (κ3) is 4.42. The number of sulfonamides is 1. The van der Waals surface area contributed by atoms with E-state index < -0.39 is 22.2 Å². The Morgan fingerprint density at radius 1 is 1.15 bits per heavy atom. The SMILES string of the molecule is C[C@@H]([C@@H](OC(=O)C1CCCC1)c1ccccc1)N(C)S(=O)(=O)c1cccs1. The number of thiophene rings is 1. The van der Waals surface area contributed by atoms with Gasteiger partial charge in [-0.25, -0.2) is 8.42 Å². The van der Waals surface area contributed by atoms with E-state index in [1.165, 1.54) is 15.6 Å². The zero-order valence-electron chi connectivity index (χ0n) is 15.6. The lowest BCUT2D eigenvalue weighted by Crippen LogP contribution is -2.40. The van der Waals surface area contributed by atoms with E-state index in [0.717, 1.165) is 31.2 Å². The van der Waals surface area contributed by atoms with Gasteiger partial charge in [-0.2, -0.15) is 4.31 Å². The molecule has 0 spiro atoms. The van der Waals surface area contributed by atoms with E-state index in [4.69, 9.17) is 4.74 Å². The van der Waals surface area contributed by atoms with Crippen LogP contribution in [0.15, 0.2) is 52.1 Å². The maximum absolute atomic E-state index is 12.9. The second-order valence-electron chi connectivity index (χ2n) is 6.94. The first-order valence-electron chi connectivity index (χ1n) is 9.18. The van der Waals surface area contributed by atoms with Crippen LogP contribution in [0.4, 0.5) is 0 Å². The molecule has 0 N–H and O–H groups in total. The van der Waals surface area contributed by atoms with Crippen LogP contribution in [0.25, 0.3) is 0 Å². The van der Waals surface area contributed by atoms with Crippen molar-refractivity contribution < 1.29 is 17.9 Å². The molecule has 7 heteroatoms. The van der Waals surface area contributed by atoms with Gasteiger partial charge < -0.3 is 4.74 Å². The molecule has 0 saturated heterocycles. The van der Waals surface area contributed by atoms with Crippen molar-refractivity contribution in [2.24, 2.45) is 5.92 Å². The minimum Gasteiger partial charge on any atom is -0.456 e. The van der Waals surface area contributed by atoms with Crippen molar-refractivity contribution in [3.8, 4) is 0 Å². The first-order valence-corrected chi connectivity index (χ1v) is 11.5. The molecule has 1 aromatic carbocycles. The summed E-state index contributed by atoms with van der Waals surface area (Å²) in [5.41, 5.74) is 0.796. The molecule has 0 bridgehead atoms. The molecule has 27 heavy (non-hydrogen) atoms. The molecule has 1 saturated carbocycles. The molecule has 0 radical (unpaired) electrons. The van der Waals surface area contributed by atoms with Gasteiger partial charge in [-0.1, -0.05) is 49.2 Å². The number of nitrogens with zero attached hydrogens (tertiary/aromatic N) is 1. The van der Waals surface area contributed by atoms with Gasteiger partial charge >= 0.3 is 5.97 Å². The number of carbonyl (C=O) groups is 1. The van der Waals surface area contributed by atoms with Gasteiger partial charge in [0.1, 0.15) is 10.3 Å². The molecule has 1 aliphatic carbocycles. The summed E-state index contributed by atoms with van der Waals surface area (Å²) in [5, 5.41) is 1.74. The van der Waals surface area contributed by atoms with Gasteiger partial charge in [-0.15, -0.1) is 11.3 Å². The van der Waals surface area contributed by atoms with Gasteiger partial charge in [0.15, 0.2) is 0 Å². The Labute approximate surface area is 165 Å². The van der Waals surface area contributed by atoms with Crippen LogP contribution in [0.2, 0.25) is 0 Å².